The van der Waals surface area contributed by atoms with Crippen molar-refractivity contribution < 1.29 is 4.74 Å². The van der Waals surface area contributed by atoms with E-state index < -0.39 is 0 Å². The summed E-state index contributed by atoms with van der Waals surface area (Å²) < 4.78 is 5.23. The molecule has 0 radical (unpaired) electrons. The number of ether oxygens (including phenoxy) is 1. The fourth-order valence-corrected chi connectivity index (χ4v) is 3.77. The normalized spacial score (nSPS) is 18.2. The molecule has 1 saturated heterocycles. The maximum Gasteiger partial charge on any atom is 0.218 e. The molecule has 0 bridgehead atoms. The fraction of sp³-hybridized carbons (Fsp3) is 0.400. The number of nitrogens with zero attached hydrogens (tertiary/aromatic N) is 4. The number of likely N-dealkylation sites (N-methyl/N-ethyl adjacent to an activating group) is 1. The van der Waals surface area contributed by atoms with Gasteiger partial charge in [-0.1, -0.05) is 6.07 Å². The Kier molecular flexibility index (Phi) is 4.75. The van der Waals surface area contributed by atoms with E-state index in [1.165, 1.54) is 29.3 Å². The van der Waals surface area contributed by atoms with Crippen molar-refractivity contribution in [1.82, 2.24) is 19.9 Å². The first kappa shape index (κ1) is 16.8. The van der Waals surface area contributed by atoms with Gasteiger partial charge in [0.05, 0.1) is 7.11 Å². The Morgan fingerprint density at radius 2 is 2.19 bits per heavy atom. The van der Waals surface area contributed by atoms with Gasteiger partial charge in [0.15, 0.2) is 0 Å². The fourth-order valence-electron chi connectivity index (χ4n) is 3.77. The average molecular weight is 351 g/mol. The van der Waals surface area contributed by atoms with Gasteiger partial charge < -0.3 is 14.6 Å². The first-order chi connectivity index (χ1) is 12.7. The summed E-state index contributed by atoms with van der Waals surface area (Å²) in [6.45, 7) is 3.16. The van der Waals surface area contributed by atoms with Gasteiger partial charge in [-0.3, -0.25) is 4.90 Å². The number of aromatic amines is 1. The van der Waals surface area contributed by atoms with Gasteiger partial charge in [0, 0.05) is 44.0 Å². The van der Waals surface area contributed by atoms with Gasteiger partial charge in [-0.15, -0.1) is 0 Å². The zero-order chi connectivity index (χ0) is 17.9. The third-order valence-corrected chi connectivity index (χ3v) is 5.25. The number of nitrogens with one attached hydrogen (secondary N) is 1. The molecular formula is C20H25N5O. The molecule has 0 spiro atoms. The minimum atomic E-state index is 0.444. The molecule has 1 N–H and O–H groups in total. The highest BCUT2D eigenvalue weighted by molar-refractivity contribution is 5.79. The lowest BCUT2D eigenvalue weighted by atomic mass is 10.0. The quantitative estimate of drug-likeness (QED) is 0.766. The second-order valence-electron chi connectivity index (χ2n) is 6.96. The van der Waals surface area contributed by atoms with Crippen molar-refractivity contribution in [1.29, 1.82) is 0 Å². The van der Waals surface area contributed by atoms with Gasteiger partial charge in [-0.2, -0.15) is 0 Å². The molecule has 3 heterocycles. The van der Waals surface area contributed by atoms with E-state index >= 15 is 0 Å². The Morgan fingerprint density at radius 1 is 1.27 bits per heavy atom. The molecule has 0 amide bonds. The molecule has 1 aliphatic rings. The summed E-state index contributed by atoms with van der Waals surface area (Å²) >= 11 is 0. The Hall–Kier alpha value is -2.60. The van der Waals surface area contributed by atoms with E-state index in [1.807, 2.05) is 12.3 Å². The number of likely N-dealkylation sites (tertiary alicyclic amines) is 1. The summed E-state index contributed by atoms with van der Waals surface area (Å²) in [6.07, 6.45) is 5.94. The number of methoxy groups -OCH3 is 1. The average Bonchev–Trinajstić information content (AvgIpc) is 3.15. The molecule has 1 atom stereocenters. The van der Waals surface area contributed by atoms with Crippen LogP contribution in [0.2, 0.25) is 0 Å². The predicted molar refractivity (Wildman–Crippen MR) is 104 cm³/mol. The topological polar surface area (TPSA) is 57.3 Å². The van der Waals surface area contributed by atoms with Crippen molar-refractivity contribution in [3.05, 3.63) is 48.4 Å². The second kappa shape index (κ2) is 7.33. The van der Waals surface area contributed by atoms with Crippen LogP contribution in [-0.4, -0.2) is 53.1 Å². The molecule has 6 heteroatoms. The first-order valence-corrected chi connectivity index (χ1v) is 9.10. The number of piperidine rings is 1. The molecule has 4 rings (SSSR count). The minimum Gasteiger partial charge on any atom is -0.481 e. The molecule has 6 nitrogen and oxygen atoms in total. The summed E-state index contributed by atoms with van der Waals surface area (Å²) in [5.41, 5.74) is 2.56. The zero-order valence-corrected chi connectivity index (χ0v) is 15.4. The van der Waals surface area contributed by atoms with E-state index in [2.05, 4.69) is 56.1 Å². The van der Waals surface area contributed by atoms with Crippen LogP contribution >= 0.6 is 0 Å². The Morgan fingerprint density at radius 3 is 3.08 bits per heavy atom. The molecule has 1 aliphatic heterocycles. The number of fused-ring (bicyclic) bond motifs is 1. The molecule has 1 aromatic carbocycles. The Labute approximate surface area is 153 Å². The van der Waals surface area contributed by atoms with E-state index in [4.69, 9.17) is 4.74 Å². The van der Waals surface area contributed by atoms with Gasteiger partial charge >= 0.3 is 0 Å². The lowest BCUT2D eigenvalue weighted by Crippen LogP contribution is -2.46. The van der Waals surface area contributed by atoms with Crippen molar-refractivity contribution in [2.75, 3.05) is 32.1 Å². The first-order valence-electron chi connectivity index (χ1n) is 9.10. The predicted octanol–water partition coefficient (Wildman–Crippen LogP) is 3.07. The summed E-state index contributed by atoms with van der Waals surface area (Å²) in [5.74, 6) is 1.52. The van der Waals surface area contributed by atoms with Crippen molar-refractivity contribution in [2.24, 2.45) is 0 Å². The lowest BCUT2D eigenvalue weighted by Gasteiger charge is -2.38. The van der Waals surface area contributed by atoms with Gasteiger partial charge in [0.1, 0.15) is 12.1 Å². The van der Waals surface area contributed by atoms with E-state index in [1.54, 1.807) is 13.4 Å². The largest absolute Gasteiger partial charge is 0.481 e. The Bertz CT molecular complexity index is 877. The third-order valence-electron chi connectivity index (χ3n) is 5.25. The number of H-pyrrole nitrogens is 1. The van der Waals surface area contributed by atoms with E-state index in [-0.39, 0.29) is 0 Å². The monoisotopic (exact) mass is 351 g/mol. The summed E-state index contributed by atoms with van der Waals surface area (Å²) in [5, 5.41) is 1.28. The maximum absolute atomic E-state index is 5.23. The van der Waals surface area contributed by atoms with Gasteiger partial charge in [0.25, 0.3) is 0 Å². The van der Waals surface area contributed by atoms with Gasteiger partial charge in [-0.25, -0.2) is 9.97 Å². The van der Waals surface area contributed by atoms with E-state index in [0.717, 1.165) is 25.5 Å². The number of hydrogen-bond donors (Lipinski definition) is 1. The van der Waals surface area contributed by atoms with Crippen LogP contribution in [0, 0.1) is 0 Å². The standard InChI is InChI=1S/C20H25N5O/c1-24(19-11-20(26-2)23-14-22-19)17-4-3-9-25(13-17)12-15-5-6-18-16(10-15)7-8-21-18/h5-8,10-11,14,17,21H,3-4,9,12-13H2,1-2H3. The van der Waals surface area contributed by atoms with Crippen LogP contribution in [-0.2, 0) is 6.54 Å². The molecular weight excluding hydrogens is 326 g/mol. The molecule has 0 aliphatic carbocycles. The van der Waals surface area contributed by atoms with Crippen molar-refractivity contribution in [3.8, 4) is 5.88 Å². The van der Waals surface area contributed by atoms with Gasteiger partial charge in [0.2, 0.25) is 5.88 Å². The molecule has 0 saturated carbocycles. The van der Waals surface area contributed by atoms with Gasteiger partial charge in [-0.05, 0) is 48.5 Å². The number of benzene rings is 1. The molecule has 136 valence electrons. The number of rotatable bonds is 5. The highest BCUT2D eigenvalue weighted by Crippen LogP contribution is 2.23. The van der Waals surface area contributed by atoms with Crippen LogP contribution in [0.4, 0.5) is 5.82 Å². The van der Waals surface area contributed by atoms with Crippen molar-refractivity contribution in [3.63, 3.8) is 0 Å². The Balaban J connectivity index is 1.44. The third kappa shape index (κ3) is 3.51. The van der Waals surface area contributed by atoms with Crippen LogP contribution in [0.3, 0.4) is 0 Å². The molecule has 1 unspecified atom stereocenters. The number of anilines is 1. The number of aromatic nitrogens is 3. The highest BCUT2D eigenvalue weighted by Gasteiger charge is 2.24. The second-order valence-corrected chi connectivity index (χ2v) is 6.96. The van der Waals surface area contributed by atoms with Crippen LogP contribution in [0.25, 0.3) is 10.9 Å². The molecule has 1 fully saturated rings. The van der Waals surface area contributed by atoms with Crippen molar-refractivity contribution >= 4 is 16.7 Å². The summed E-state index contributed by atoms with van der Waals surface area (Å²) in [4.78, 5) is 16.6. The van der Waals surface area contributed by atoms with Crippen molar-refractivity contribution in [2.45, 2.75) is 25.4 Å². The molecule has 3 aromatic rings. The van der Waals surface area contributed by atoms with Crippen LogP contribution in [0.5, 0.6) is 5.88 Å². The van der Waals surface area contributed by atoms with E-state index in [0.29, 0.717) is 11.9 Å². The summed E-state index contributed by atoms with van der Waals surface area (Å²) in [7, 11) is 3.75. The molecule has 2 aromatic heterocycles. The SMILES string of the molecule is COc1cc(N(C)C2CCCN(Cc3ccc4[nH]ccc4c3)C2)ncn1. The van der Waals surface area contributed by atoms with Crippen LogP contribution in [0.15, 0.2) is 42.9 Å². The minimum absolute atomic E-state index is 0.444. The maximum atomic E-state index is 5.23. The smallest absolute Gasteiger partial charge is 0.218 e. The number of hydrogen-bond acceptors (Lipinski definition) is 5. The lowest BCUT2D eigenvalue weighted by molar-refractivity contribution is 0.198. The highest BCUT2D eigenvalue weighted by atomic mass is 16.5. The van der Waals surface area contributed by atoms with Crippen LogP contribution in [0.1, 0.15) is 18.4 Å². The van der Waals surface area contributed by atoms with Crippen LogP contribution < -0.4 is 9.64 Å². The molecule has 26 heavy (non-hydrogen) atoms. The van der Waals surface area contributed by atoms with E-state index in [9.17, 15) is 0 Å². The zero-order valence-electron chi connectivity index (χ0n) is 15.4. The summed E-state index contributed by atoms with van der Waals surface area (Å²) in [6, 6.07) is 11.2.